The predicted molar refractivity (Wildman–Crippen MR) is 143 cm³/mol. The van der Waals surface area contributed by atoms with Gasteiger partial charge in [-0.3, -0.25) is 4.79 Å². The van der Waals surface area contributed by atoms with E-state index >= 15 is 0 Å². The largest absolute Gasteiger partial charge is 0.460 e. The SMILES string of the molecule is CCCC1CCC(c2ccc(OC(=O)C3CCC(C(F)(F)C(F)(F)C(F)(F)C(F)(F)C(F)(F)C(F)(F)C(F)(F)C(F)(F)C(F)(F)F)CC3)cc2)CC1. The number of hydrogen-bond acceptors (Lipinski definition) is 2. The number of carbonyl (C=O) groups is 1. The fraction of sp³-hybridized carbons (Fsp3) is 0.774. The minimum Gasteiger partial charge on any atom is -0.426 e. The molecule has 1 aromatic carbocycles. The first kappa shape index (κ1) is 43.8. The van der Waals surface area contributed by atoms with Gasteiger partial charge in [-0.05, 0) is 80.9 Å². The monoisotopic (exact) mass is 796 g/mol. The lowest BCUT2D eigenvalue weighted by molar-refractivity contribution is -0.470. The summed E-state index contributed by atoms with van der Waals surface area (Å²) in [7, 11) is 0. The van der Waals surface area contributed by atoms with Crippen LogP contribution < -0.4 is 4.74 Å². The van der Waals surface area contributed by atoms with Crippen molar-refractivity contribution in [3.05, 3.63) is 29.8 Å². The number of esters is 1. The lowest BCUT2D eigenvalue weighted by Gasteiger charge is -2.45. The van der Waals surface area contributed by atoms with Crippen LogP contribution in [0, 0.1) is 17.8 Å². The zero-order chi connectivity index (χ0) is 40.1. The highest BCUT2D eigenvalue weighted by atomic mass is 19.4. The molecule has 0 N–H and O–H groups in total. The summed E-state index contributed by atoms with van der Waals surface area (Å²) in [6.07, 6.45) is -6.45. The third-order valence-corrected chi connectivity index (χ3v) is 9.83. The van der Waals surface area contributed by atoms with Gasteiger partial charge in [0.25, 0.3) is 0 Å². The minimum absolute atomic E-state index is 0.0365. The highest BCUT2D eigenvalue weighted by Gasteiger charge is 2.96. The van der Waals surface area contributed by atoms with Crippen LogP contribution in [-0.4, -0.2) is 59.5 Å². The molecule has 300 valence electrons. The smallest absolute Gasteiger partial charge is 0.426 e. The molecule has 52 heavy (non-hydrogen) atoms. The molecule has 0 unspecified atom stereocenters. The van der Waals surface area contributed by atoms with Crippen molar-refractivity contribution >= 4 is 5.97 Å². The molecule has 0 aromatic heterocycles. The van der Waals surface area contributed by atoms with Crippen LogP contribution in [0.1, 0.15) is 82.6 Å². The van der Waals surface area contributed by atoms with E-state index in [0.29, 0.717) is 5.92 Å². The highest BCUT2D eigenvalue weighted by molar-refractivity contribution is 5.75. The molecule has 3 rings (SSSR count). The number of alkyl halides is 19. The summed E-state index contributed by atoms with van der Waals surface area (Å²) in [5.74, 6) is -71.6. The Labute approximate surface area is 283 Å². The van der Waals surface area contributed by atoms with Crippen LogP contribution in [-0.2, 0) is 4.79 Å². The Kier molecular flexibility index (Phi) is 12.0. The van der Waals surface area contributed by atoms with Gasteiger partial charge in [-0.1, -0.05) is 31.9 Å². The van der Waals surface area contributed by atoms with Crippen molar-refractivity contribution in [3.8, 4) is 5.75 Å². The zero-order valence-electron chi connectivity index (χ0n) is 26.7. The van der Waals surface area contributed by atoms with E-state index in [2.05, 4.69) is 6.92 Å². The van der Waals surface area contributed by atoms with E-state index < -0.39 is 97.0 Å². The molecule has 2 saturated carbocycles. The Morgan fingerprint density at radius 1 is 0.558 bits per heavy atom. The van der Waals surface area contributed by atoms with Crippen LogP contribution in [0.3, 0.4) is 0 Å². The Morgan fingerprint density at radius 2 is 0.962 bits per heavy atom. The lowest BCUT2D eigenvalue weighted by atomic mass is 9.75. The first-order chi connectivity index (χ1) is 23.4. The molecule has 2 aliphatic rings. The maximum Gasteiger partial charge on any atom is 0.460 e. The van der Waals surface area contributed by atoms with Crippen molar-refractivity contribution in [1.29, 1.82) is 0 Å². The summed E-state index contributed by atoms with van der Waals surface area (Å²) < 4.78 is 265. The Hall–Kier alpha value is -2.64. The van der Waals surface area contributed by atoms with Crippen LogP contribution in [0.4, 0.5) is 83.4 Å². The second kappa shape index (κ2) is 14.2. The Bertz CT molecular complexity index is 1370. The number of benzene rings is 1. The van der Waals surface area contributed by atoms with Crippen molar-refractivity contribution in [3.63, 3.8) is 0 Å². The van der Waals surface area contributed by atoms with E-state index in [9.17, 15) is 88.2 Å². The summed E-state index contributed by atoms with van der Waals surface area (Å²) in [6.45, 7) is 2.09. The number of hydrogen-bond donors (Lipinski definition) is 0. The highest BCUT2D eigenvalue weighted by Crippen LogP contribution is 2.66. The molecule has 0 heterocycles. The number of carbonyl (C=O) groups excluding carboxylic acids is 1. The lowest BCUT2D eigenvalue weighted by Crippen LogP contribution is -2.76. The zero-order valence-corrected chi connectivity index (χ0v) is 26.7. The van der Waals surface area contributed by atoms with Crippen LogP contribution in [0.25, 0.3) is 0 Å². The van der Waals surface area contributed by atoms with Crippen LogP contribution in [0.2, 0.25) is 0 Å². The fourth-order valence-corrected chi connectivity index (χ4v) is 6.52. The predicted octanol–water partition coefficient (Wildman–Crippen LogP) is 12.1. The fourth-order valence-electron chi connectivity index (χ4n) is 6.52. The van der Waals surface area contributed by atoms with E-state index in [1.807, 2.05) is 0 Å². The van der Waals surface area contributed by atoms with Gasteiger partial charge in [0, 0.05) is 5.92 Å². The number of halogens is 19. The second-order valence-electron chi connectivity index (χ2n) is 13.2. The van der Waals surface area contributed by atoms with Gasteiger partial charge < -0.3 is 4.74 Å². The van der Waals surface area contributed by atoms with E-state index in [4.69, 9.17) is 4.74 Å². The van der Waals surface area contributed by atoms with E-state index in [1.165, 1.54) is 12.1 Å². The Balaban J connectivity index is 1.72. The van der Waals surface area contributed by atoms with Crippen molar-refractivity contribution in [2.24, 2.45) is 17.8 Å². The molecular formula is C31H31F19O2. The van der Waals surface area contributed by atoms with Gasteiger partial charge in [0.2, 0.25) is 0 Å². The molecule has 0 spiro atoms. The molecule has 1 aromatic rings. The first-order valence-corrected chi connectivity index (χ1v) is 15.8. The molecule has 0 atom stereocenters. The van der Waals surface area contributed by atoms with Gasteiger partial charge in [-0.15, -0.1) is 0 Å². The number of rotatable bonds is 13. The molecule has 2 fully saturated rings. The molecule has 2 nitrogen and oxygen atoms in total. The number of ether oxygens (including phenoxy) is 1. The standard InChI is InChI=1S/C31H31F19O2/c1-2-3-16-4-6-17(7-5-16)18-10-14-21(15-11-18)52-22(51)19-8-12-20(13-9-19)23(32,33)24(34,35)25(36,37)26(38,39)27(40,41)28(42,43)29(44,45)30(46,47)31(48,49)50/h10-11,14-17,19-20H,2-9,12-13H2,1H3. The van der Waals surface area contributed by atoms with Crippen molar-refractivity contribution < 1.29 is 92.9 Å². The van der Waals surface area contributed by atoms with Crippen LogP contribution in [0.15, 0.2) is 24.3 Å². The minimum atomic E-state index is -8.95. The van der Waals surface area contributed by atoms with Crippen molar-refractivity contribution in [1.82, 2.24) is 0 Å². The average molecular weight is 797 g/mol. The van der Waals surface area contributed by atoms with E-state index in [1.54, 1.807) is 12.1 Å². The van der Waals surface area contributed by atoms with Gasteiger partial charge in [0.05, 0.1) is 5.92 Å². The van der Waals surface area contributed by atoms with E-state index in [-0.39, 0.29) is 11.7 Å². The summed E-state index contributed by atoms with van der Waals surface area (Å²) in [5, 5.41) is 0. The third kappa shape index (κ3) is 7.03. The molecule has 0 radical (unpaired) electrons. The molecule has 0 aliphatic heterocycles. The quantitative estimate of drug-likeness (QED) is 0.113. The van der Waals surface area contributed by atoms with Gasteiger partial charge in [0.15, 0.2) is 0 Å². The maximum atomic E-state index is 14.8. The summed E-state index contributed by atoms with van der Waals surface area (Å²) in [5.41, 5.74) is 0.940. The summed E-state index contributed by atoms with van der Waals surface area (Å²) >= 11 is 0. The third-order valence-electron chi connectivity index (χ3n) is 9.83. The summed E-state index contributed by atoms with van der Waals surface area (Å²) in [4.78, 5) is 12.6. The topological polar surface area (TPSA) is 26.3 Å². The first-order valence-electron chi connectivity index (χ1n) is 15.8. The average Bonchev–Trinajstić information content (AvgIpc) is 3.04. The molecule has 21 heteroatoms. The van der Waals surface area contributed by atoms with Crippen molar-refractivity contribution in [2.45, 2.75) is 131 Å². The van der Waals surface area contributed by atoms with Gasteiger partial charge in [-0.25, -0.2) is 0 Å². The maximum absolute atomic E-state index is 14.8. The second-order valence-corrected chi connectivity index (χ2v) is 13.2. The van der Waals surface area contributed by atoms with Gasteiger partial charge in [-0.2, -0.15) is 83.4 Å². The van der Waals surface area contributed by atoms with Crippen LogP contribution in [0.5, 0.6) is 5.75 Å². The van der Waals surface area contributed by atoms with Gasteiger partial charge >= 0.3 is 59.5 Å². The molecule has 0 amide bonds. The Morgan fingerprint density at radius 3 is 1.37 bits per heavy atom. The molecular weight excluding hydrogens is 765 g/mol. The molecule has 2 aliphatic carbocycles. The summed E-state index contributed by atoms with van der Waals surface area (Å²) in [6, 6.07) is 6.16. The molecule has 0 bridgehead atoms. The molecule has 0 saturated heterocycles. The van der Waals surface area contributed by atoms with Gasteiger partial charge in [0.1, 0.15) is 5.75 Å². The van der Waals surface area contributed by atoms with Crippen LogP contribution >= 0.6 is 0 Å². The van der Waals surface area contributed by atoms with E-state index in [0.717, 1.165) is 44.1 Å². The van der Waals surface area contributed by atoms with Crippen molar-refractivity contribution in [2.75, 3.05) is 0 Å². The normalized spacial score (nSPS) is 23.8.